The van der Waals surface area contributed by atoms with Crippen molar-refractivity contribution in [3.63, 3.8) is 0 Å². The molecule has 192 valence electrons. The summed E-state index contributed by atoms with van der Waals surface area (Å²) in [5.74, 6) is 0. The number of hydrogen-bond acceptors (Lipinski definition) is 2. The molecule has 1 aliphatic rings. The minimum absolute atomic E-state index is 0.404. The second-order valence-electron chi connectivity index (χ2n) is 10.7. The third kappa shape index (κ3) is 3.57. The van der Waals surface area contributed by atoms with Gasteiger partial charge in [-0.1, -0.05) is 109 Å². The van der Waals surface area contributed by atoms with Gasteiger partial charge in [0.15, 0.2) is 0 Å². The van der Waals surface area contributed by atoms with Gasteiger partial charge in [0.1, 0.15) is 0 Å². The molecule has 6 aromatic rings. The molecule has 0 saturated carbocycles. The van der Waals surface area contributed by atoms with Crippen LogP contribution < -0.4 is 11.5 Å². The van der Waals surface area contributed by atoms with Gasteiger partial charge in [0, 0.05) is 11.4 Å². The van der Waals surface area contributed by atoms with Crippen LogP contribution in [0.3, 0.4) is 0 Å². The van der Waals surface area contributed by atoms with Gasteiger partial charge in [0.2, 0.25) is 0 Å². The van der Waals surface area contributed by atoms with Gasteiger partial charge in [0.25, 0.3) is 0 Å². The monoisotopic (exact) mass is 514 g/mol. The van der Waals surface area contributed by atoms with Crippen molar-refractivity contribution in [1.82, 2.24) is 0 Å². The minimum Gasteiger partial charge on any atom is -0.399 e. The summed E-state index contributed by atoms with van der Waals surface area (Å²) in [5.41, 5.74) is 26.9. The molecule has 1 aliphatic carbocycles. The fraction of sp³-hybridized carbons (Fsp3) is 0.0526. The van der Waals surface area contributed by atoms with Crippen LogP contribution in [0.25, 0.3) is 33.4 Å². The molecule has 7 rings (SSSR count). The molecule has 0 aromatic heterocycles. The van der Waals surface area contributed by atoms with Gasteiger partial charge in [-0.15, -0.1) is 0 Å². The molecule has 6 aromatic carbocycles. The smallest absolute Gasteiger partial charge is 0.0713 e. The Morgan fingerprint density at radius 2 is 1.00 bits per heavy atom. The van der Waals surface area contributed by atoms with Gasteiger partial charge < -0.3 is 11.5 Å². The highest BCUT2D eigenvalue weighted by molar-refractivity contribution is 5.92. The van der Waals surface area contributed by atoms with E-state index < -0.39 is 5.41 Å². The lowest BCUT2D eigenvalue weighted by atomic mass is 9.67. The van der Waals surface area contributed by atoms with E-state index in [2.05, 4.69) is 128 Å². The van der Waals surface area contributed by atoms with E-state index in [1.165, 1.54) is 33.4 Å². The summed E-state index contributed by atoms with van der Waals surface area (Å²) < 4.78 is 0. The lowest BCUT2D eigenvalue weighted by Gasteiger charge is -2.33. The predicted molar refractivity (Wildman–Crippen MR) is 168 cm³/mol. The molecule has 40 heavy (non-hydrogen) atoms. The highest BCUT2D eigenvalue weighted by Crippen LogP contribution is 2.56. The highest BCUT2D eigenvalue weighted by Gasteiger charge is 2.45. The first-order valence-electron chi connectivity index (χ1n) is 13.7. The Labute approximate surface area is 235 Å². The van der Waals surface area contributed by atoms with Crippen LogP contribution in [-0.2, 0) is 5.41 Å². The standard InChI is InChI=1S/C38H30N2/c1-25-22-29(39)17-19-31(25)32-20-18-30(40)24-34(32)26-16-21-37-35(23-26)33-14-8-9-15-36(33)38(37,27-10-4-2-5-11-27)28-12-6-3-7-13-28/h2-24H,39-40H2,1H3. The topological polar surface area (TPSA) is 52.0 Å². The SMILES string of the molecule is Cc1cc(N)ccc1-c1ccc(N)cc1-c1ccc2c(c1)-c1ccccc1C2(c1ccccc1)c1ccccc1. The number of anilines is 2. The number of hydrogen-bond donors (Lipinski definition) is 2. The quantitative estimate of drug-likeness (QED) is 0.231. The molecule has 2 nitrogen and oxygen atoms in total. The van der Waals surface area contributed by atoms with Crippen molar-refractivity contribution in [2.45, 2.75) is 12.3 Å². The number of nitrogen functional groups attached to an aromatic ring is 2. The second-order valence-corrected chi connectivity index (χ2v) is 10.7. The molecule has 0 saturated heterocycles. The number of rotatable bonds is 4. The van der Waals surface area contributed by atoms with Crippen LogP contribution in [-0.4, -0.2) is 0 Å². The zero-order chi connectivity index (χ0) is 27.3. The lowest BCUT2D eigenvalue weighted by molar-refractivity contribution is 0.768. The molecule has 0 aliphatic heterocycles. The van der Waals surface area contributed by atoms with Crippen molar-refractivity contribution in [3.8, 4) is 33.4 Å². The van der Waals surface area contributed by atoms with Crippen LogP contribution in [0, 0.1) is 6.92 Å². The third-order valence-electron chi connectivity index (χ3n) is 8.35. The first kappa shape index (κ1) is 24.0. The van der Waals surface area contributed by atoms with Crippen molar-refractivity contribution in [3.05, 3.63) is 167 Å². The molecule has 0 radical (unpaired) electrons. The van der Waals surface area contributed by atoms with E-state index in [1.807, 2.05) is 18.2 Å². The van der Waals surface area contributed by atoms with Crippen LogP contribution in [0.15, 0.2) is 140 Å². The van der Waals surface area contributed by atoms with Gasteiger partial charge in [-0.3, -0.25) is 0 Å². The van der Waals surface area contributed by atoms with E-state index in [0.29, 0.717) is 0 Å². The second kappa shape index (κ2) is 9.29. The molecule has 0 amide bonds. The normalized spacial score (nSPS) is 13.0. The third-order valence-corrected chi connectivity index (χ3v) is 8.35. The maximum Gasteiger partial charge on any atom is 0.0713 e. The molecule has 4 N–H and O–H groups in total. The number of fused-ring (bicyclic) bond motifs is 3. The Morgan fingerprint density at radius 1 is 0.425 bits per heavy atom. The molecule has 0 bridgehead atoms. The maximum atomic E-state index is 6.37. The molecular weight excluding hydrogens is 484 g/mol. The van der Waals surface area contributed by atoms with Crippen LogP contribution in [0.4, 0.5) is 11.4 Å². The van der Waals surface area contributed by atoms with Crippen LogP contribution >= 0.6 is 0 Å². The average molecular weight is 515 g/mol. The number of nitrogens with two attached hydrogens (primary N) is 2. The molecule has 0 spiro atoms. The number of benzene rings is 6. The summed E-state index contributed by atoms with van der Waals surface area (Å²) in [6.07, 6.45) is 0. The Bertz CT molecular complexity index is 1830. The first-order valence-corrected chi connectivity index (χ1v) is 13.7. The van der Waals surface area contributed by atoms with Crippen molar-refractivity contribution in [2.75, 3.05) is 11.5 Å². The van der Waals surface area contributed by atoms with E-state index in [0.717, 1.165) is 39.2 Å². The van der Waals surface area contributed by atoms with Gasteiger partial charge in [-0.25, -0.2) is 0 Å². The fourth-order valence-corrected chi connectivity index (χ4v) is 6.64. The van der Waals surface area contributed by atoms with Crippen molar-refractivity contribution in [2.24, 2.45) is 0 Å². The van der Waals surface area contributed by atoms with Crippen molar-refractivity contribution < 1.29 is 0 Å². The highest BCUT2D eigenvalue weighted by atomic mass is 14.5. The summed E-state index contributed by atoms with van der Waals surface area (Å²) in [6.45, 7) is 2.11. The van der Waals surface area contributed by atoms with E-state index in [-0.39, 0.29) is 0 Å². The summed E-state index contributed by atoms with van der Waals surface area (Å²) >= 11 is 0. The van der Waals surface area contributed by atoms with Gasteiger partial charge in [-0.05, 0) is 98.5 Å². The molecule has 0 atom stereocenters. The van der Waals surface area contributed by atoms with Crippen molar-refractivity contribution >= 4 is 11.4 Å². The zero-order valence-corrected chi connectivity index (χ0v) is 22.4. The Hall–Kier alpha value is -5.08. The largest absolute Gasteiger partial charge is 0.399 e. The van der Waals surface area contributed by atoms with Crippen LogP contribution in [0.2, 0.25) is 0 Å². The Kier molecular flexibility index (Phi) is 5.57. The first-order chi connectivity index (χ1) is 19.6. The number of aryl methyl sites for hydroxylation is 1. The summed E-state index contributed by atoms with van der Waals surface area (Å²) in [6, 6.07) is 49.9. The lowest BCUT2D eigenvalue weighted by Crippen LogP contribution is -2.28. The molecule has 0 fully saturated rings. The average Bonchev–Trinajstić information content (AvgIpc) is 3.29. The van der Waals surface area contributed by atoms with E-state index in [9.17, 15) is 0 Å². The summed E-state index contributed by atoms with van der Waals surface area (Å²) in [4.78, 5) is 0. The molecule has 2 heteroatoms. The molecular formula is C38H30N2. The van der Waals surface area contributed by atoms with Crippen molar-refractivity contribution in [1.29, 1.82) is 0 Å². The predicted octanol–water partition coefficient (Wildman–Crippen LogP) is 8.86. The van der Waals surface area contributed by atoms with Gasteiger partial charge >= 0.3 is 0 Å². The Morgan fingerprint density at radius 3 is 1.68 bits per heavy atom. The van der Waals surface area contributed by atoms with Crippen LogP contribution in [0.5, 0.6) is 0 Å². The van der Waals surface area contributed by atoms with E-state index in [1.54, 1.807) is 0 Å². The summed E-state index contributed by atoms with van der Waals surface area (Å²) in [5, 5.41) is 0. The maximum absolute atomic E-state index is 6.37. The van der Waals surface area contributed by atoms with E-state index >= 15 is 0 Å². The van der Waals surface area contributed by atoms with Crippen LogP contribution in [0.1, 0.15) is 27.8 Å². The fourth-order valence-electron chi connectivity index (χ4n) is 6.64. The summed E-state index contributed by atoms with van der Waals surface area (Å²) in [7, 11) is 0. The minimum atomic E-state index is -0.404. The Balaban J connectivity index is 1.51. The van der Waals surface area contributed by atoms with Gasteiger partial charge in [-0.2, -0.15) is 0 Å². The molecule has 0 unspecified atom stereocenters. The van der Waals surface area contributed by atoms with E-state index in [4.69, 9.17) is 11.5 Å². The molecule has 0 heterocycles. The van der Waals surface area contributed by atoms with Gasteiger partial charge in [0.05, 0.1) is 5.41 Å². The zero-order valence-electron chi connectivity index (χ0n) is 22.4.